The molecule has 3 aliphatic heterocycles. The number of carbonyl (C=O) groups is 2. The van der Waals surface area contributed by atoms with Gasteiger partial charge in [-0.1, -0.05) is 23.4 Å². The van der Waals surface area contributed by atoms with Crippen LogP contribution < -0.4 is 5.32 Å². The fourth-order valence-electron chi connectivity index (χ4n) is 5.23. The highest BCUT2D eigenvalue weighted by molar-refractivity contribution is 7.98. The Balaban J connectivity index is 1.61. The van der Waals surface area contributed by atoms with Crippen molar-refractivity contribution in [2.45, 2.75) is 49.3 Å². The molecule has 0 aromatic carbocycles. The minimum absolute atomic E-state index is 0.0161. The van der Waals surface area contributed by atoms with Crippen LogP contribution in [0.3, 0.4) is 0 Å². The molecule has 2 N–H and O–H groups in total. The zero-order valence-electron chi connectivity index (χ0n) is 18.6. The second kappa shape index (κ2) is 8.78. The average Bonchev–Trinajstić information content (AvgIpc) is 3.53. The summed E-state index contributed by atoms with van der Waals surface area (Å²) < 4.78 is 14.9. The summed E-state index contributed by atoms with van der Waals surface area (Å²) in [6, 6.07) is -0.466. The van der Waals surface area contributed by atoms with Crippen LogP contribution >= 0.6 is 23.4 Å². The summed E-state index contributed by atoms with van der Waals surface area (Å²) in [6.07, 6.45) is 4.83. The van der Waals surface area contributed by atoms with Gasteiger partial charge in [0.25, 0.3) is 0 Å². The van der Waals surface area contributed by atoms with Gasteiger partial charge >= 0.3 is 6.09 Å². The lowest BCUT2D eigenvalue weighted by Crippen LogP contribution is -2.49. The van der Waals surface area contributed by atoms with Crippen molar-refractivity contribution in [2.75, 3.05) is 24.7 Å². The van der Waals surface area contributed by atoms with Crippen LogP contribution in [-0.4, -0.2) is 74.3 Å². The smallest absolute Gasteiger partial charge is 0.407 e. The molecular formula is C23H23ClFN5O3S. The molecule has 1 unspecified atom stereocenters. The number of carboxylic acid groups (broad SMARTS) is 1. The molecule has 4 atom stereocenters. The van der Waals surface area contributed by atoms with E-state index in [0.29, 0.717) is 34.8 Å². The molecule has 0 spiro atoms. The van der Waals surface area contributed by atoms with Crippen LogP contribution in [0, 0.1) is 23.6 Å². The van der Waals surface area contributed by atoms with E-state index in [1.165, 1.54) is 29.8 Å². The number of anilines is 1. The van der Waals surface area contributed by atoms with Crippen LogP contribution in [0.4, 0.5) is 14.9 Å². The molecule has 4 fully saturated rings. The number of halogens is 2. The lowest BCUT2D eigenvalue weighted by molar-refractivity contribution is -0.128. The van der Waals surface area contributed by atoms with Crippen molar-refractivity contribution in [3.8, 4) is 11.8 Å². The fourth-order valence-corrected chi connectivity index (χ4v) is 5.91. The Hall–Kier alpha value is -2.77. The van der Waals surface area contributed by atoms with E-state index < -0.39 is 11.9 Å². The molecule has 1 saturated carbocycles. The van der Waals surface area contributed by atoms with Crippen molar-refractivity contribution < 1.29 is 19.1 Å². The van der Waals surface area contributed by atoms with Crippen LogP contribution in [0.5, 0.6) is 0 Å². The third-order valence-corrected chi connectivity index (χ3v) is 7.91. The lowest BCUT2D eigenvalue weighted by atomic mass is 9.79. The van der Waals surface area contributed by atoms with E-state index in [1.807, 2.05) is 6.26 Å². The summed E-state index contributed by atoms with van der Waals surface area (Å²) in [5, 5.41) is 13.7. The van der Waals surface area contributed by atoms with Gasteiger partial charge in [0.15, 0.2) is 11.0 Å². The number of pyridine rings is 2. The van der Waals surface area contributed by atoms with Crippen molar-refractivity contribution in [1.82, 2.24) is 19.8 Å². The van der Waals surface area contributed by atoms with Gasteiger partial charge in [0.05, 0.1) is 29.4 Å². The standard InChI is InChI=1S/C23H23ClFN5O3S/c1-11(31)29-7-3-4-13(29)5-6-14-19(27-18-12-8-16(18)30(10-12)23(32)33)15-9-26-21(24)17(25)20(15)28-22(14)34-2/h9,12-13,16,18H,3-4,7-8,10H2,1-2H3,(H,27,28)(H,32,33)/t12-,13?,16-,18+/m1/s1. The number of nitrogens with zero attached hydrogens (tertiary/aromatic N) is 4. The Kier molecular flexibility index (Phi) is 5.94. The maximum absolute atomic E-state index is 14.9. The molecule has 2 aromatic heterocycles. The number of hydrogen-bond acceptors (Lipinski definition) is 6. The van der Waals surface area contributed by atoms with Crippen LogP contribution in [-0.2, 0) is 4.79 Å². The molecule has 2 aromatic rings. The molecule has 34 heavy (non-hydrogen) atoms. The molecule has 1 aliphatic carbocycles. The van der Waals surface area contributed by atoms with E-state index in [-0.39, 0.29) is 40.6 Å². The second-order valence-corrected chi connectivity index (χ2v) is 9.96. The number of likely N-dealkylation sites (tertiary alicyclic amines) is 1. The topological polar surface area (TPSA) is 98.7 Å². The van der Waals surface area contributed by atoms with Gasteiger partial charge in [-0.2, -0.15) is 0 Å². The maximum Gasteiger partial charge on any atom is 0.407 e. The maximum atomic E-state index is 14.9. The molecule has 8 nitrogen and oxygen atoms in total. The van der Waals surface area contributed by atoms with Crippen molar-refractivity contribution >= 4 is 52.0 Å². The molecule has 5 heterocycles. The number of fused-ring (bicyclic) bond motifs is 2. The number of carbonyl (C=O) groups excluding carboxylic acids is 1. The van der Waals surface area contributed by atoms with E-state index in [4.69, 9.17) is 11.6 Å². The first-order valence-electron chi connectivity index (χ1n) is 11.1. The summed E-state index contributed by atoms with van der Waals surface area (Å²) in [4.78, 5) is 35.2. The third kappa shape index (κ3) is 3.71. The highest BCUT2D eigenvalue weighted by Gasteiger charge is 2.54. The molecule has 6 rings (SSSR count). The molecule has 2 amide bonds. The molecule has 0 radical (unpaired) electrons. The van der Waals surface area contributed by atoms with E-state index in [9.17, 15) is 19.1 Å². The normalized spacial score (nSPS) is 25.2. The highest BCUT2D eigenvalue weighted by Crippen LogP contribution is 2.45. The van der Waals surface area contributed by atoms with Crippen molar-refractivity contribution in [3.05, 3.63) is 22.7 Å². The number of hydrogen-bond donors (Lipinski definition) is 2. The average molecular weight is 504 g/mol. The van der Waals surface area contributed by atoms with Gasteiger partial charge in [0.1, 0.15) is 10.5 Å². The molecule has 4 aliphatic rings. The number of aromatic nitrogens is 2. The van der Waals surface area contributed by atoms with Crippen LogP contribution in [0.15, 0.2) is 11.2 Å². The molecule has 11 heteroatoms. The Morgan fingerprint density at radius 2 is 2.18 bits per heavy atom. The lowest BCUT2D eigenvalue weighted by Gasteiger charge is -2.37. The zero-order chi connectivity index (χ0) is 24.1. The van der Waals surface area contributed by atoms with E-state index in [2.05, 4.69) is 27.1 Å². The Morgan fingerprint density at radius 3 is 2.85 bits per heavy atom. The van der Waals surface area contributed by atoms with Crippen LogP contribution in [0.1, 0.15) is 31.7 Å². The first-order chi connectivity index (χ1) is 16.3. The largest absolute Gasteiger partial charge is 0.465 e. The fraction of sp³-hybridized carbons (Fsp3) is 0.478. The first kappa shape index (κ1) is 23.0. The van der Waals surface area contributed by atoms with E-state index in [0.717, 1.165) is 19.3 Å². The predicted octanol–water partition coefficient (Wildman–Crippen LogP) is 3.67. The third-order valence-electron chi connectivity index (χ3n) is 6.97. The van der Waals surface area contributed by atoms with Gasteiger partial charge in [-0.25, -0.2) is 19.2 Å². The summed E-state index contributed by atoms with van der Waals surface area (Å²) in [5.74, 6) is 5.88. The summed E-state index contributed by atoms with van der Waals surface area (Å²) in [7, 11) is 0. The SMILES string of the molecule is CSc1nc2c(F)c(Cl)ncc2c(N[C@H]2[C@@H]3C[C@H]2N(C(=O)O)C3)c1C#CC1CCCN1C(C)=O. The van der Waals surface area contributed by atoms with Crippen molar-refractivity contribution in [3.63, 3.8) is 0 Å². The predicted molar refractivity (Wildman–Crippen MR) is 128 cm³/mol. The molecule has 2 bridgehead atoms. The van der Waals surface area contributed by atoms with Gasteiger partial charge < -0.3 is 20.2 Å². The van der Waals surface area contributed by atoms with Crippen molar-refractivity contribution in [1.29, 1.82) is 0 Å². The van der Waals surface area contributed by atoms with Gasteiger partial charge in [-0.15, -0.1) is 11.8 Å². The number of rotatable bonds is 3. The Morgan fingerprint density at radius 1 is 1.38 bits per heavy atom. The van der Waals surface area contributed by atoms with Gasteiger partial charge in [0.2, 0.25) is 5.91 Å². The zero-order valence-corrected chi connectivity index (χ0v) is 20.2. The summed E-state index contributed by atoms with van der Waals surface area (Å²) in [6.45, 7) is 2.68. The van der Waals surface area contributed by atoms with Crippen LogP contribution in [0.25, 0.3) is 10.9 Å². The van der Waals surface area contributed by atoms with Crippen LogP contribution in [0.2, 0.25) is 5.15 Å². The minimum Gasteiger partial charge on any atom is -0.465 e. The monoisotopic (exact) mass is 503 g/mol. The summed E-state index contributed by atoms with van der Waals surface area (Å²) in [5.41, 5.74) is 1.25. The Bertz CT molecular complexity index is 1260. The van der Waals surface area contributed by atoms with E-state index in [1.54, 1.807) is 4.90 Å². The second-order valence-electron chi connectivity index (χ2n) is 8.80. The molecule has 3 saturated heterocycles. The van der Waals surface area contributed by atoms with Gasteiger partial charge in [-0.05, 0) is 25.5 Å². The number of thioether (sulfide) groups is 1. The summed E-state index contributed by atoms with van der Waals surface area (Å²) >= 11 is 7.27. The minimum atomic E-state index is -0.939. The quantitative estimate of drug-likeness (QED) is 0.374. The van der Waals surface area contributed by atoms with Crippen molar-refractivity contribution in [2.24, 2.45) is 5.92 Å². The molecular weight excluding hydrogens is 481 g/mol. The van der Waals surface area contributed by atoms with Gasteiger partial charge in [-0.3, -0.25) is 4.79 Å². The highest BCUT2D eigenvalue weighted by atomic mass is 35.5. The van der Waals surface area contributed by atoms with Gasteiger partial charge in [0, 0.05) is 37.5 Å². The number of nitrogens with one attached hydrogen (secondary N) is 1. The first-order valence-corrected chi connectivity index (χ1v) is 12.7. The molecule has 178 valence electrons. The number of amides is 2. The van der Waals surface area contributed by atoms with E-state index >= 15 is 0 Å². The Labute approximate surface area is 205 Å².